The molecule has 2 aromatic carbocycles. The van der Waals surface area contributed by atoms with Crippen LogP contribution in [0.25, 0.3) is 0 Å². The number of rotatable bonds is 7. The van der Waals surface area contributed by atoms with Crippen molar-refractivity contribution in [2.75, 3.05) is 6.61 Å². The van der Waals surface area contributed by atoms with Crippen LogP contribution in [0.1, 0.15) is 24.0 Å². The molecule has 1 aliphatic heterocycles. The van der Waals surface area contributed by atoms with Crippen molar-refractivity contribution in [3.05, 3.63) is 53.6 Å². The maximum Gasteiger partial charge on any atom is 0.240 e. The van der Waals surface area contributed by atoms with E-state index in [4.69, 9.17) is 4.74 Å². The lowest BCUT2D eigenvalue weighted by Crippen LogP contribution is -2.26. The van der Waals surface area contributed by atoms with Gasteiger partial charge < -0.3 is 4.74 Å². The van der Waals surface area contributed by atoms with E-state index in [0.29, 0.717) is 6.61 Å². The number of ether oxygens (including phenoxy) is 1. The average Bonchev–Trinajstić information content (AvgIpc) is 3.32. The second-order valence-electron chi connectivity index (χ2n) is 6.73. The molecule has 2 N–H and O–H groups in total. The Morgan fingerprint density at radius 1 is 0.926 bits per heavy atom. The average molecular weight is 409 g/mol. The Morgan fingerprint density at radius 2 is 1.59 bits per heavy atom. The molecule has 2 aliphatic rings. The van der Waals surface area contributed by atoms with Crippen LogP contribution in [0.2, 0.25) is 0 Å². The van der Waals surface area contributed by atoms with E-state index in [0.717, 1.165) is 36.1 Å². The number of hydrogen-bond acceptors (Lipinski definition) is 5. The van der Waals surface area contributed by atoms with E-state index in [-0.39, 0.29) is 22.4 Å². The van der Waals surface area contributed by atoms with Crippen molar-refractivity contribution in [1.29, 1.82) is 0 Å². The molecular formula is C18H20N2O5S2. The largest absolute Gasteiger partial charge is 0.493 e. The molecule has 27 heavy (non-hydrogen) atoms. The predicted molar refractivity (Wildman–Crippen MR) is 99.5 cm³/mol. The van der Waals surface area contributed by atoms with Crippen LogP contribution in [-0.4, -0.2) is 29.5 Å². The van der Waals surface area contributed by atoms with Gasteiger partial charge in [-0.25, -0.2) is 26.3 Å². The standard InChI is InChI=1S/C18H20N2O5S2/c21-26(22,19-12-13-1-8-18-14(11-13)9-10-25-18)16-4-6-17(7-5-16)27(23,24)20-15-2-3-15/h1,4-8,11,15,19-20H,2-3,9-10,12H2. The van der Waals surface area contributed by atoms with Crippen LogP contribution in [0.15, 0.2) is 52.3 Å². The first kappa shape index (κ1) is 18.4. The Labute approximate surface area is 158 Å². The molecule has 7 nitrogen and oxygen atoms in total. The quantitative estimate of drug-likeness (QED) is 0.724. The van der Waals surface area contributed by atoms with Gasteiger partial charge in [0.15, 0.2) is 0 Å². The Balaban J connectivity index is 1.45. The van der Waals surface area contributed by atoms with Crippen LogP contribution < -0.4 is 14.2 Å². The van der Waals surface area contributed by atoms with Crippen LogP contribution in [0.4, 0.5) is 0 Å². The SMILES string of the molecule is O=S(=O)(NCc1ccc2c(c1)CCO2)c1ccc(S(=O)(=O)NC2CC2)cc1. The molecule has 1 aliphatic carbocycles. The van der Waals surface area contributed by atoms with Crippen molar-refractivity contribution >= 4 is 20.0 Å². The van der Waals surface area contributed by atoms with Crippen molar-refractivity contribution in [2.24, 2.45) is 0 Å². The summed E-state index contributed by atoms with van der Waals surface area (Å²) in [6, 6.07) is 10.8. The van der Waals surface area contributed by atoms with Crippen LogP contribution in [0.3, 0.4) is 0 Å². The Kier molecular flexibility index (Phi) is 4.71. The van der Waals surface area contributed by atoms with E-state index in [1.54, 1.807) is 0 Å². The topological polar surface area (TPSA) is 102 Å². The fourth-order valence-electron chi connectivity index (χ4n) is 2.90. The van der Waals surface area contributed by atoms with E-state index in [1.807, 2.05) is 18.2 Å². The van der Waals surface area contributed by atoms with Crippen LogP contribution in [-0.2, 0) is 33.0 Å². The van der Waals surface area contributed by atoms with Gasteiger partial charge >= 0.3 is 0 Å². The fourth-order valence-corrected chi connectivity index (χ4v) is 5.22. The highest BCUT2D eigenvalue weighted by molar-refractivity contribution is 7.90. The summed E-state index contributed by atoms with van der Waals surface area (Å²) in [5, 5.41) is 0. The second kappa shape index (κ2) is 6.90. The summed E-state index contributed by atoms with van der Waals surface area (Å²) in [7, 11) is -7.34. The van der Waals surface area contributed by atoms with Crippen molar-refractivity contribution in [2.45, 2.75) is 41.6 Å². The van der Waals surface area contributed by atoms with Gasteiger partial charge in [0.05, 0.1) is 16.4 Å². The predicted octanol–water partition coefficient (Wildman–Crippen LogP) is 1.54. The number of fused-ring (bicyclic) bond motifs is 1. The third-order valence-corrected chi connectivity index (χ3v) is 7.52. The number of nitrogens with one attached hydrogen (secondary N) is 2. The molecule has 4 rings (SSSR count). The minimum atomic E-state index is -3.74. The van der Waals surface area contributed by atoms with Crippen molar-refractivity contribution in [3.63, 3.8) is 0 Å². The van der Waals surface area contributed by atoms with Gasteiger partial charge in [0, 0.05) is 19.0 Å². The van der Waals surface area contributed by atoms with Crippen LogP contribution in [0, 0.1) is 0 Å². The number of sulfonamides is 2. The highest BCUT2D eigenvalue weighted by Crippen LogP contribution is 2.26. The molecule has 1 fully saturated rings. The summed E-state index contributed by atoms with van der Waals surface area (Å²) in [6.45, 7) is 0.800. The number of hydrogen-bond donors (Lipinski definition) is 2. The molecule has 0 aromatic heterocycles. The van der Waals surface area contributed by atoms with Gasteiger partial charge in [0.2, 0.25) is 20.0 Å². The van der Waals surface area contributed by atoms with Gasteiger partial charge in [-0.05, 0) is 54.3 Å². The highest BCUT2D eigenvalue weighted by Gasteiger charge is 2.28. The zero-order valence-electron chi connectivity index (χ0n) is 14.5. The second-order valence-corrected chi connectivity index (χ2v) is 10.2. The minimum absolute atomic E-state index is 0.00204. The van der Waals surface area contributed by atoms with Crippen molar-refractivity contribution < 1.29 is 21.6 Å². The molecule has 9 heteroatoms. The first-order chi connectivity index (χ1) is 12.8. The summed E-state index contributed by atoms with van der Waals surface area (Å²) in [4.78, 5) is 0.0873. The molecule has 0 bridgehead atoms. The summed E-state index contributed by atoms with van der Waals surface area (Å²) < 4.78 is 59.9. The number of benzene rings is 2. The van der Waals surface area contributed by atoms with Gasteiger partial charge in [-0.2, -0.15) is 0 Å². The molecule has 2 aromatic rings. The fraction of sp³-hybridized carbons (Fsp3) is 0.333. The molecule has 0 radical (unpaired) electrons. The lowest BCUT2D eigenvalue weighted by Gasteiger charge is -2.09. The first-order valence-electron chi connectivity index (χ1n) is 8.70. The molecule has 0 amide bonds. The van der Waals surface area contributed by atoms with Crippen LogP contribution in [0.5, 0.6) is 5.75 Å². The smallest absolute Gasteiger partial charge is 0.240 e. The zero-order chi connectivity index (χ0) is 19.1. The van der Waals surface area contributed by atoms with Crippen molar-refractivity contribution in [1.82, 2.24) is 9.44 Å². The Bertz CT molecular complexity index is 1060. The van der Waals surface area contributed by atoms with E-state index in [1.165, 1.54) is 24.3 Å². The molecule has 1 heterocycles. The highest BCUT2D eigenvalue weighted by atomic mass is 32.2. The third-order valence-electron chi connectivity index (χ3n) is 4.56. The van der Waals surface area contributed by atoms with Crippen LogP contribution >= 0.6 is 0 Å². The molecule has 0 atom stereocenters. The van der Waals surface area contributed by atoms with Gasteiger partial charge in [-0.15, -0.1) is 0 Å². The zero-order valence-corrected chi connectivity index (χ0v) is 16.1. The van der Waals surface area contributed by atoms with E-state index < -0.39 is 20.0 Å². The van der Waals surface area contributed by atoms with Gasteiger partial charge in [-0.3, -0.25) is 0 Å². The lowest BCUT2D eigenvalue weighted by molar-refractivity contribution is 0.357. The summed E-state index contributed by atoms with van der Waals surface area (Å²) in [6.07, 6.45) is 2.50. The monoisotopic (exact) mass is 408 g/mol. The lowest BCUT2D eigenvalue weighted by atomic mass is 10.1. The van der Waals surface area contributed by atoms with E-state index in [2.05, 4.69) is 9.44 Å². The minimum Gasteiger partial charge on any atom is -0.493 e. The molecular weight excluding hydrogens is 388 g/mol. The summed E-state index contributed by atoms with van der Waals surface area (Å²) in [5.41, 5.74) is 1.92. The first-order valence-corrected chi connectivity index (χ1v) is 11.7. The van der Waals surface area contributed by atoms with Gasteiger partial charge in [-0.1, -0.05) is 12.1 Å². The Hall–Kier alpha value is -1.94. The molecule has 0 spiro atoms. The third kappa shape index (κ3) is 4.16. The van der Waals surface area contributed by atoms with Gasteiger partial charge in [0.1, 0.15) is 5.75 Å². The van der Waals surface area contributed by atoms with E-state index >= 15 is 0 Å². The molecule has 144 valence electrons. The molecule has 0 saturated heterocycles. The maximum absolute atomic E-state index is 12.5. The molecule has 0 unspecified atom stereocenters. The Morgan fingerprint density at radius 3 is 2.26 bits per heavy atom. The van der Waals surface area contributed by atoms with E-state index in [9.17, 15) is 16.8 Å². The normalized spacial score (nSPS) is 16.7. The van der Waals surface area contributed by atoms with Gasteiger partial charge in [0.25, 0.3) is 0 Å². The summed E-state index contributed by atoms with van der Waals surface area (Å²) in [5.74, 6) is 0.846. The maximum atomic E-state index is 12.5. The summed E-state index contributed by atoms with van der Waals surface area (Å²) >= 11 is 0. The van der Waals surface area contributed by atoms with Crippen molar-refractivity contribution in [3.8, 4) is 5.75 Å². The molecule has 1 saturated carbocycles.